The third kappa shape index (κ3) is 18.6. The molecule has 0 fully saturated rings. The summed E-state index contributed by atoms with van der Waals surface area (Å²) in [6, 6.07) is 9.84. The van der Waals surface area contributed by atoms with Crippen LogP contribution in [0, 0.1) is 0 Å². The summed E-state index contributed by atoms with van der Waals surface area (Å²) in [5.74, 6) is -1.43. The minimum Gasteiger partial charge on any atom is -0.490 e. The molecule has 0 aliphatic rings. The number of carbonyl (C=O) groups excluding carboxylic acids is 4. The second-order valence-electron chi connectivity index (χ2n) is 13.0. The number of hydrogen-bond donors (Lipinski definition) is 6. The van der Waals surface area contributed by atoms with Gasteiger partial charge in [0.15, 0.2) is 24.3 Å². The molecule has 0 heterocycles. The van der Waals surface area contributed by atoms with E-state index in [0.29, 0.717) is 30.9 Å². The van der Waals surface area contributed by atoms with Gasteiger partial charge in [-0.1, -0.05) is 29.4 Å². The molecule has 2 aromatic rings. The molecule has 0 radical (unpaired) electrons. The van der Waals surface area contributed by atoms with E-state index < -0.39 is 36.5 Å². The van der Waals surface area contributed by atoms with Gasteiger partial charge in [0.1, 0.15) is 42.5 Å². The molecule has 0 aliphatic carbocycles. The van der Waals surface area contributed by atoms with Crippen LogP contribution in [0.4, 0.5) is 0 Å². The van der Waals surface area contributed by atoms with Gasteiger partial charge < -0.3 is 52.5 Å². The van der Waals surface area contributed by atoms with Gasteiger partial charge in [-0.05, 0) is 101 Å². The number of hydrogen-bond acceptors (Lipinski definition) is 10. The average Bonchev–Trinajstić information content (AvgIpc) is 3.15. The summed E-state index contributed by atoms with van der Waals surface area (Å²) < 4.78 is 22.3. The quantitative estimate of drug-likeness (QED) is 0.0171. The van der Waals surface area contributed by atoms with Crippen LogP contribution in [0.3, 0.4) is 0 Å². The molecule has 2 aromatic carbocycles. The number of allylic oxidation sites excluding steroid dienone is 3. The van der Waals surface area contributed by atoms with Gasteiger partial charge in [-0.2, -0.15) is 0 Å². The van der Waals surface area contributed by atoms with Crippen molar-refractivity contribution in [2.24, 2.45) is 32.9 Å². The lowest BCUT2D eigenvalue weighted by Gasteiger charge is -2.22. The number of nitrogens with one attached hydrogen (secondary N) is 2. The van der Waals surface area contributed by atoms with E-state index in [1.54, 1.807) is 18.2 Å². The highest BCUT2D eigenvalue weighted by Crippen LogP contribution is 2.26. The van der Waals surface area contributed by atoms with Gasteiger partial charge in [0.25, 0.3) is 5.91 Å². The average molecular weight is 777 g/mol. The largest absolute Gasteiger partial charge is 0.490 e. The minimum absolute atomic E-state index is 0.0906. The van der Waals surface area contributed by atoms with Gasteiger partial charge in [0, 0.05) is 19.2 Å². The van der Waals surface area contributed by atoms with E-state index in [-0.39, 0.29) is 61.6 Å². The molecule has 2 atom stereocenters. The van der Waals surface area contributed by atoms with Gasteiger partial charge in [-0.15, -0.1) is 0 Å². The third-order valence-electron chi connectivity index (χ3n) is 7.71. The number of ether oxygens (including phenoxy) is 4. The Balaban J connectivity index is 2.26. The first-order valence-corrected chi connectivity index (χ1v) is 18.1. The lowest BCUT2D eigenvalue weighted by atomic mass is 10.1. The van der Waals surface area contributed by atoms with E-state index in [1.165, 1.54) is 19.3 Å². The molecule has 0 aliphatic heterocycles. The van der Waals surface area contributed by atoms with Gasteiger partial charge in [0.05, 0.1) is 12.7 Å². The molecule has 10 N–H and O–H groups in total. The van der Waals surface area contributed by atoms with Crippen LogP contribution in [-0.2, 0) is 19.1 Å². The second-order valence-corrected chi connectivity index (χ2v) is 13.0. The van der Waals surface area contributed by atoms with Crippen molar-refractivity contribution in [3.8, 4) is 17.2 Å². The van der Waals surface area contributed by atoms with Gasteiger partial charge in [0.2, 0.25) is 5.91 Å². The molecule has 0 saturated carbocycles. The molecule has 0 unspecified atom stereocenters. The maximum Gasteiger partial charge on any atom is 0.328 e. The highest BCUT2D eigenvalue weighted by molar-refractivity contribution is 6.08. The van der Waals surface area contributed by atoms with Gasteiger partial charge >= 0.3 is 5.97 Å². The monoisotopic (exact) mass is 776 g/mol. The van der Waals surface area contributed by atoms with E-state index in [1.807, 2.05) is 64.1 Å². The smallest absolute Gasteiger partial charge is 0.328 e. The molecular weight excluding hydrogens is 720 g/mol. The number of ketones is 1. The number of rotatable bonds is 24. The lowest BCUT2D eigenvalue weighted by molar-refractivity contribution is -0.145. The van der Waals surface area contributed by atoms with Crippen LogP contribution in [0.5, 0.6) is 17.2 Å². The summed E-state index contributed by atoms with van der Waals surface area (Å²) in [7, 11) is 1.19. The Morgan fingerprint density at radius 1 is 0.732 bits per heavy atom. The Morgan fingerprint density at radius 3 is 1.84 bits per heavy atom. The van der Waals surface area contributed by atoms with Gasteiger partial charge in [-0.25, -0.2) is 4.79 Å². The summed E-state index contributed by atoms with van der Waals surface area (Å²) in [6.07, 6.45) is 7.88. The Bertz CT molecular complexity index is 1750. The van der Waals surface area contributed by atoms with Crippen LogP contribution in [0.25, 0.3) is 6.08 Å². The summed E-state index contributed by atoms with van der Waals surface area (Å²) in [4.78, 5) is 60.5. The fraction of sp³-hybridized carbons (Fsp3) is 0.400. The SMILES string of the molecule is COC(=O)[C@H](CCCN=C(N)N)NC(=O)[C@H](CCCN=C(N)N)NC(=O)COc1cc(OCC=C(C)C)ccc1C(=O)/C=C/c1ccc(OCC=C(C)C)cc1. The summed E-state index contributed by atoms with van der Waals surface area (Å²) in [5, 5.41) is 5.29. The molecule has 16 nitrogen and oxygen atoms in total. The van der Waals surface area contributed by atoms with Crippen molar-refractivity contribution >= 4 is 41.6 Å². The fourth-order valence-corrected chi connectivity index (χ4v) is 4.78. The number of amides is 2. The topological polar surface area (TPSA) is 258 Å². The molecule has 2 amide bonds. The van der Waals surface area contributed by atoms with Crippen LogP contribution in [0.2, 0.25) is 0 Å². The number of carbonyl (C=O) groups is 4. The first-order chi connectivity index (χ1) is 26.7. The minimum atomic E-state index is -1.11. The second kappa shape index (κ2) is 24.9. The molecule has 2 rings (SSSR count). The van der Waals surface area contributed by atoms with E-state index in [4.69, 9.17) is 41.9 Å². The third-order valence-corrected chi connectivity index (χ3v) is 7.71. The number of aliphatic imine (C=N–C) groups is 2. The fourth-order valence-electron chi connectivity index (χ4n) is 4.78. The summed E-state index contributed by atoms with van der Waals surface area (Å²) in [6.45, 7) is 8.45. The number of nitrogens with two attached hydrogens (primary N) is 4. The van der Waals surface area contributed by atoms with Crippen molar-refractivity contribution in [2.45, 2.75) is 65.5 Å². The highest BCUT2D eigenvalue weighted by atomic mass is 16.5. The Labute approximate surface area is 328 Å². The van der Waals surface area contributed by atoms with E-state index in [2.05, 4.69) is 20.6 Å². The van der Waals surface area contributed by atoms with Crippen molar-refractivity contribution in [1.82, 2.24) is 10.6 Å². The summed E-state index contributed by atoms with van der Waals surface area (Å²) in [5.41, 5.74) is 24.8. The number of benzene rings is 2. The van der Waals surface area contributed by atoms with E-state index >= 15 is 0 Å². The predicted octanol–water partition coefficient (Wildman–Crippen LogP) is 2.90. The number of methoxy groups -OCH3 is 1. The van der Waals surface area contributed by atoms with Crippen LogP contribution in [0.15, 0.2) is 81.8 Å². The first-order valence-electron chi connectivity index (χ1n) is 18.1. The lowest BCUT2D eigenvalue weighted by Crippen LogP contribution is -2.52. The van der Waals surface area contributed by atoms with Crippen LogP contribution < -0.4 is 47.8 Å². The van der Waals surface area contributed by atoms with Crippen molar-refractivity contribution in [2.75, 3.05) is 40.0 Å². The molecule has 0 aromatic heterocycles. The maximum absolute atomic E-state index is 13.5. The zero-order valence-corrected chi connectivity index (χ0v) is 32.8. The van der Waals surface area contributed by atoms with Crippen molar-refractivity contribution in [1.29, 1.82) is 0 Å². The molecular formula is C40H56N8O8. The normalized spacial score (nSPS) is 11.6. The van der Waals surface area contributed by atoms with Crippen LogP contribution in [0.1, 0.15) is 69.3 Å². The standard InChI is InChI=1S/C40H56N8O8/c1-26(2)18-22-54-29-13-10-28(11-14-29)12-17-34(49)31-16-15-30(55-23-19-27(3)4)24-35(31)56-25-36(50)47-32(8-6-20-45-39(41)42)37(51)48-33(38(52)53-5)9-7-21-46-40(43)44/h10-19,24,32-33H,6-9,20-23,25H2,1-5H3,(H,47,50)(H,48,51)(H4,41,42,45)(H4,43,44,46)/b17-12+/t32-,33-/m0/s1. The molecule has 16 heteroatoms. The summed E-state index contributed by atoms with van der Waals surface area (Å²) >= 11 is 0. The molecule has 56 heavy (non-hydrogen) atoms. The maximum atomic E-state index is 13.5. The van der Waals surface area contributed by atoms with Gasteiger partial charge in [-0.3, -0.25) is 24.4 Å². The Morgan fingerprint density at radius 2 is 1.29 bits per heavy atom. The Kier molecular flexibility index (Phi) is 20.4. The van der Waals surface area contributed by atoms with Crippen molar-refractivity contribution in [3.63, 3.8) is 0 Å². The first kappa shape index (κ1) is 45.8. The molecule has 0 spiro atoms. The number of nitrogens with zero attached hydrogens (tertiary/aromatic N) is 2. The van der Waals surface area contributed by atoms with Crippen molar-refractivity contribution < 1.29 is 38.1 Å². The zero-order chi connectivity index (χ0) is 41.5. The predicted molar refractivity (Wildman–Crippen MR) is 217 cm³/mol. The van der Waals surface area contributed by atoms with Crippen LogP contribution >= 0.6 is 0 Å². The molecule has 0 bridgehead atoms. The van der Waals surface area contributed by atoms with E-state index in [9.17, 15) is 19.2 Å². The van der Waals surface area contributed by atoms with Crippen molar-refractivity contribution in [3.05, 3.63) is 83.0 Å². The highest BCUT2D eigenvalue weighted by Gasteiger charge is 2.27. The number of guanidine groups is 2. The number of esters is 1. The Hall–Kier alpha value is -6.32. The zero-order valence-electron chi connectivity index (χ0n) is 32.8. The molecule has 0 saturated heterocycles. The van der Waals surface area contributed by atoms with E-state index in [0.717, 1.165) is 16.7 Å². The molecule has 304 valence electrons. The van der Waals surface area contributed by atoms with Crippen LogP contribution in [-0.4, -0.2) is 87.6 Å².